The molecule has 9 heteroatoms. The van der Waals surface area contributed by atoms with Crippen LogP contribution in [-0.2, 0) is 21.2 Å². The second-order valence-electron chi connectivity index (χ2n) is 8.30. The molecule has 0 spiro atoms. The summed E-state index contributed by atoms with van der Waals surface area (Å²) < 4.78 is 34.3. The van der Waals surface area contributed by atoms with Crippen LogP contribution in [0.3, 0.4) is 0 Å². The molecule has 1 aliphatic heterocycles. The normalized spacial score (nSPS) is 15.0. The number of rotatable bonds is 8. The molecule has 1 atom stereocenters. The molecule has 35 heavy (non-hydrogen) atoms. The van der Waals surface area contributed by atoms with Gasteiger partial charge in [-0.25, -0.2) is 8.42 Å². The van der Waals surface area contributed by atoms with Gasteiger partial charge >= 0.3 is 0 Å². The molecule has 1 saturated heterocycles. The zero-order valence-electron chi connectivity index (χ0n) is 19.4. The molecule has 0 bridgehead atoms. The minimum absolute atomic E-state index is 0.0637. The molecule has 3 aromatic carbocycles. The third-order valence-electron chi connectivity index (χ3n) is 6.02. The first-order valence-corrected chi connectivity index (χ1v) is 13.2. The Morgan fingerprint density at radius 3 is 2.23 bits per heavy atom. The number of methoxy groups -OCH3 is 1. The fourth-order valence-corrected chi connectivity index (χ4v) is 5.49. The van der Waals surface area contributed by atoms with Gasteiger partial charge in [0, 0.05) is 31.2 Å². The first-order chi connectivity index (χ1) is 16.9. The maximum Gasteiger partial charge on any atom is 0.241 e. The molecular weight excluding hydrogens is 486 g/mol. The first-order valence-electron chi connectivity index (χ1n) is 11.4. The third-order valence-corrected chi connectivity index (χ3v) is 7.76. The molecule has 1 heterocycles. The number of sulfonamides is 1. The van der Waals surface area contributed by atoms with Crippen LogP contribution in [0.5, 0.6) is 5.75 Å². The maximum absolute atomic E-state index is 13.6. The maximum atomic E-state index is 13.6. The van der Waals surface area contributed by atoms with Gasteiger partial charge in [0.15, 0.2) is 0 Å². The van der Waals surface area contributed by atoms with Crippen molar-refractivity contribution in [1.29, 1.82) is 0 Å². The molecule has 0 unspecified atom stereocenters. The first kappa shape index (κ1) is 25.0. The Balaban J connectivity index is 1.51. The summed E-state index contributed by atoms with van der Waals surface area (Å²) >= 11 is 5.91. The number of nitrogens with one attached hydrogen (secondary N) is 1. The van der Waals surface area contributed by atoms with E-state index in [2.05, 4.69) is 9.62 Å². The molecule has 184 valence electrons. The molecule has 0 aliphatic carbocycles. The molecule has 0 aromatic heterocycles. The van der Waals surface area contributed by atoms with E-state index in [1.165, 1.54) is 24.3 Å². The zero-order valence-corrected chi connectivity index (χ0v) is 21.0. The van der Waals surface area contributed by atoms with E-state index in [-0.39, 0.29) is 17.2 Å². The van der Waals surface area contributed by atoms with Gasteiger partial charge in [-0.3, -0.25) is 4.79 Å². The van der Waals surface area contributed by atoms with E-state index >= 15 is 0 Å². The van der Waals surface area contributed by atoms with Gasteiger partial charge in [-0.2, -0.15) is 4.72 Å². The van der Waals surface area contributed by atoms with Gasteiger partial charge in [0.25, 0.3) is 0 Å². The standard InChI is InChI=1S/C26H28ClN3O4S/c1-34-25-10-6-5-9-24(25)29-15-17-30(18-16-29)26(31)23(19-20-7-3-2-4-8-20)28-35(32,33)22-13-11-21(27)12-14-22/h2-14,23,28H,15-19H2,1H3/t23-/m0/s1. The van der Waals surface area contributed by atoms with Crippen LogP contribution in [0, 0.1) is 0 Å². The van der Waals surface area contributed by atoms with Crippen LogP contribution in [-0.4, -0.2) is 58.6 Å². The number of halogens is 1. The van der Waals surface area contributed by atoms with Crippen molar-refractivity contribution in [2.45, 2.75) is 17.4 Å². The summed E-state index contributed by atoms with van der Waals surface area (Å²) in [4.78, 5) is 17.5. The topological polar surface area (TPSA) is 79.0 Å². The van der Waals surface area contributed by atoms with Crippen molar-refractivity contribution in [2.24, 2.45) is 0 Å². The fourth-order valence-electron chi connectivity index (χ4n) is 4.18. The van der Waals surface area contributed by atoms with Crippen LogP contribution >= 0.6 is 11.6 Å². The Kier molecular flexibility index (Phi) is 7.95. The summed E-state index contributed by atoms with van der Waals surface area (Å²) in [6.45, 7) is 2.19. The van der Waals surface area contributed by atoms with Crippen molar-refractivity contribution in [2.75, 3.05) is 38.2 Å². The van der Waals surface area contributed by atoms with E-state index in [9.17, 15) is 13.2 Å². The number of hydrogen-bond acceptors (Lipinski definition) is 5. The van der Waals surface area contributed by atoms with Crippen molar-refractivity contribution in [3.8, 4) is 5.75 Å². The molecule has 4 rings (SSSR count). The SMILES string of the molecule is COc1ccccc1N1CCN(C(=O)[C@H](Cc2ccccc2)NS(=O)(=O)c2ccc(Cl)cc2)CC1. The lowest BCUT2D eigenvalue weighted by Crippen LogP contribution is -2.55. The summed E-state index contributed by atoms with van der Waals surface area (Å²) in [5.41, 5.74) is 1.85. The number of carbonyl (C=O) groups is 1. The monoisotopic (exact) mass is 513 g/mol. The van der Waals surface area contributed by atoms with Crippen molar-refractivity contribution in [3.05, 3.63) is 89.4 Å². The minimum Gasteiger partial charge on any atom is -0.495 e. The summed E-state index contributed by atoms with van der Waals surface area (Å²) in [5, 5.41) is 0.439. The third kappa shape index (κ3) is 6.14. The smallest absolute Gasteiger partial charge is 0.241 e. The molecule has 1 amide bonds. The second-order valence-corrected chi connectivity index (χ2v) is 10.5. The zero-order chi connectivity index (χ0) is 24.8. The van der Waals surface area contributed by atoms with Crippen LogP contribution in [0.4, 0.5) is 5.69 Å². The summed E-state index contributed by atoms with van der Waals surface area (Å²) in [6, 6.07) is 22.1. The second kappa shape index (κ2) is 11.1. The average molecular weight is 514 g/mol. The summed E-state index contributed by atoms with van der Waals surface area (Å²) in [7, 11) is -2.29. The van der Waals surface area contributed by atoms with Gasteiger partial charge in [-0.15, -0.1) is 0 Å². The van der Waals surface area contributed by atoms with E-state index in [4.69, 9.17) is 16.3 Å². The molecule has 0 saturated carbocycles. The fraction of sp³-hybridized carbons (Fsp3) is 0.269. The van der Waals surface area contributed by atoms with Crippen molar-refractivity contribution in [1.82, 2.24) is 9.62 Å². The van der Waals surface area contributed by atoms with E-state index in [1.54, 1.807) is 12.0 Å². The minimum atomic E-state index is -3.93. The average Bonchev–Trinajstić information content (AvgIpc) is 2.88. The molecule has 1 N–H and O–H groups in total. The molecule has 0 radical (unpaired) electrons. The van der Waals surface area contributed by atoms with Crippen LogP contribution in [0.15, 0.2) is 83.8 Å². The van der Waals surface area contributed by atoms with Crippen LogP contribution < -0.4 is 14.4 Å². The van der Waals surface area contributed by atoms with Crippen LogP contribution in [0.25, 0.3) is 0 Å². The molecule has 1 aliphatic rings. The van der Waals surface area contributed by atoms with E-state index in [1.807, 2.05) is 54.6 Å². The Labute approximate surface area is 211 Å². The highest BCUT2D eigenvalue weighted by Crippen LogP contribution is 2.28. The van der Waals surface area contributed by atoms with Gasteiger partial charge in [-0.05, 0) is 48.4 Å². The predicted molar refractivity (Wildman–Crippen MR) is 137 cm³/mol. The van der Waals surface area contributed by atoms with E-state index < -0.39 is 16.1 Å². The Morgan fingerprint density at radius 1 is 0.943 bits per heavy atom. The van der Waals surface area contributed by atoms with Crippen molar-refractivity contribution >= 4 is 33.2 Å². The molecule has 1 fully saturated rings. The predicted octanol–water partition coefficient (Wildman–Crippen LogP) is 3.59. The molecular formula is C26H28ClN3O4S. The van der Waals surface area contributed by atoms with Crippen molar-refractivity contribution < 1.29 is 17.9 Å². The van der Waals surface area contributed by atoms with E-state index in [0.717, 1.165) is 17.0 Å². The number of nitrogens with zero attached hydrogens (tertiary/aromatic N) is 2. The molecule has 7 nitrogen and oxygen atoms in total. The lowest BCUT2D eigenvalue weighted by atomic mass is 10.1. The highest BCUT2D eigenvalue weighted by molar-refractivity contribution is 7.89. The highest BCUT2D eigenvalue weighted by atomic mass is 35.5. The van der Waals surface area contributed by atoms with Gasteiger partial charge in [0.2, 0.25) is 15.9 Å². The Bertz CT molecular complexity index is 1250. The summed E-state index contributed by atoms with van der Waals surface area (Å²) in [5.74, 6) is 0.538. The highest BCUT2D eigenvalue weighted by Gasteiger charge is 2.31. The number of amides is 1. The lowest BCUT2D eigenvalue weighted by Gasteiger charge is -2.38. The number of piperazine rings is 1. The van der Waals surface area contributed by atoms with Crippen LogP contribution in [0.2, 0.25) is 5.02 Å². The number of para-hydroxylation sites is 2. The van der Waals surface area contributed by atoms with E-state index in [0.29, 0.717) is 31.2 Å². The van der Waals surface area contributed by atoms with Gasteiger partial charge in [-0.1, -0.05) is 54.1 Å². The number of carbonyl (C=O) groups excluding carboxylic acids is 1. The Morgan fingerprint density at radius 2 is 1.57 bits per heavy atom. The number of ether oxygens (including phenoxy) is 1. The lowest BCUT2D eigenvalue weighted by molar-refractivity contribution is -0.133. The number of hydrogen-bond donors (Lipinski definition) is 1. The summed E-state index contributed by atoms with van der Waals surface area (Å²) in [6.07, 6.45) is 0.249. The largest absolute Gasteiger partial charge is 0.495 e. The van der Waals surface area contributed by atoms with Crippen molar-refractivity contribution in [3.63, 3.8) is 0 Å². The number of anilines is 1. The number of benzene rings is 3. The quantitative estimate of drug-likeness (QED) is 0.498. The Hall–Kier alpha value is -3.07. The van der Waals surface area contributed by atoms with Crippen LogP contribution in [0.1, 0.15) is 5.56 Å². The van der Waals surface area contributed by atoms with Gasteiger partial charge in [0.1, 0.15) is 11.8 Å². The van der Waals surface area contributed by atoms with Gasteiger partial charge < -0.3 is 14.5 Å². The van der Waals surface area contributed by atoms with Gasteiger partial charge in [0.05, 0.1) is 17.7 Å². The molecule has 3 aromatic rings.